The van der Waals surface area contributed by atoms with Crippen LogP contribution in [0.5, 0.6) is 0 Å². The van der Waals surface area contributed by atoms with Crippen LogP contribution in [0.15, 0.2) is 51.4 Å². The van der Waals surface area contributed by atoms with E-state index in [-0.39, 0.29) is 6.04 Å². The van der Waals surface area contributed by atoms with Gasteiger partial charge < -0.3 is 9.73 Å². The number of aryl methyl sites for hydroxylation is 1. The zero-order valence-electron chi connectivity index (χ0n) is 11.8. The maximum atomic E-state index is 6.04. The van der Waals surface area contributed by atoms with E-state index >= 15 is 0 Å². The SMILES string of the molecule is CNC(c1cc2cc(C)ccc2o1)c1cc(Br)ccc1I. The molecule has 1 N–H and O–H groups in total. The molecule has 3 aromatic rings. The standard InChI is InChI=1S/C17H15BrINO/c1-10-3-6-15-11(7-10)8-16(21-15)17(20-2)13-9-12(18)4-5-14(13)19/h3-9,17,20H,1-2H3. The first kappa shape index (κ1) is 15.1. The molecule has 3 rings (SSSR count). The number of furan rings is 1. The Bertz CT molecular complexity index is 797. The minimum Gasteiger partial charge on any atom is -0.459 e. The van der Waals surface area contributed by atoms with Crippen molar-refractivity contribution in [3.05, 3.63) is 67.4 Å². The largest absolute Gasteiger partial charge is 0.459 e. The first-order chi connectivity index (χ1) is 10.1. The van der Waals surface area contributed by atoms with Crippen LogP contribution in [-0.2, 0) is 0 Å². The summed E-state index contributed by atoms with van der Waals surface area (Å²) >= 11 is 5.91. The first-order valence-electron chi connectivity index (χ1n) is 6.71. The first-order valence-corrected chi connectivity index (χ1v) is 8.58. The minimum atomic E-state index is 0.0436. The van der Waals surface area contributed by atoms with Gasteiger partial charge in [0.25, 0.3) is 0 Å². The van der Waals surface area contributed by atoms with Crippen molar-refractivity contribution >= 4 is 49.5 Å². The van der Waals surface area contributed by atoms with Gasteiger partial charge >= 0.3 is 0 Å². The molecule has 4 heteroatoms. The van der Waals surface area contributed by atoms with E-state index < -0.39 is 0 Å². The summed E-state index contributed by atoms with van der Waals surface area (Å²) in [5, 5.41) is 4.51. The van der Waals surface area contributed by atoms with Crippen molar-refractivity contribution in [2.45, 2.75) is 13.0 Å². The number of hydrogen-bond acceptors (Lipinski definition) is 2. The fraction of sp³-hybridized carbons (Fsp3) is 0.176. The van der Waals surface area contributed by atoms with Gasteiger partial charge in [-0.25, -0.2) is 0 Å². The highest BCUT2D eigenvalue weighted by molar-refractivity contribution is 14.1. The molecule has 1 unspecified atom stereocenters. The summed E-state index contributed by atoms with van der Waals surface area (Å²) in [6.07, 6.45) is 0. The summed E-state index contributed by atoms with van der Waals surface area (Å²) in [5.74, 6) is 0.939. The lowest BCUT2D eigenvalue weighted by atomic mass is 10.0. The number of nitrogens with one attached hydrogen (secondary N) is 1. The molecular formula is C17H15BrINO. The Morgan fingerprint density at radius 2 is 1.95 bits per heavy atom. The second-order valence-electron chi connectivity index (χ2n) is 5.08. The molecule has 0 amide bonds. The third-order valence-electron chi connectivity index (χ3n) is 3.53. The van der Waals surface area contributed by atoms with Crippen LogP contribution in [0.4, 0.5) is 0 Å². The number of benzene rings is 2. The average Bonchev–Trinajstić information content (AvgIpc) is 2.86. The van der Waals surface area contributed by atoms with Gasteiger partial charge in [-0.05, 0) is 78.5 Å². The Balaban J connectivity index is 2.11. The molecule has 0 radical (unpaired) electrons. The zero-order chi connectivity index (χ0) is 15.0. The Morgan fingerprint density at radius 3 is 2.71 bits per heavy atom. The highest BCUT2D eigenvalue weighted by Crippen LogP contribution is 2.32. The van der Waals surface area contributed by atoms with Crippen molar-refractivity contribution in [1.82, 2.24) is 5.32 Å². The van der Waals surface area contributed by atoms with Crippen LogP contribution in [0.2, 0.25) is 0 Å². The van der Waals surface area contributed by atoms with Gasteiger partial charge in [-0.1, -0.05) is 27.6 Å². The van der Waals surface area contributed by atoms with E-state index in [0.717, 1.165) is 21.2 Å². The summed E-state index contributed by atoms with van der Waals surface area (Å²) in [4.78, 5) is 0. The summed E-state index contributed by atoms with van der Waals surface area (Å²) < 4.78 is 8.33. The molecule has 0 bridgehead atoms. The van der Waals surface area contributed by atoms with Gasteiger partial charge in [-0.15, -0.1) is 0 Å². The lowest BCUT2D eigenvalue weighted by Gasteiger charge is -2.16. The molecule has 108 valence electrons. The summed E-state index contributed by atoms with van der Waals surface area (Å²) in [6.45, 7) is 2.10. The van der Waals surface area contributed by atoms with Crippen molar-refractivity contribution in [3.8, 4) is 0 Å². The Labute approximate surface area is 146 Å². The second-order valence-corrected chi connectivity index (χ2v) is 7.16. The quantitative estimate of drug-likeness (QED) is 0.533. The van der Waals surface area contributed by atoms with Crippen LogP contribution in [-0.4, -0.2) is 7.05 Å². The molecule has 2 aromatic carbocycles. The van der Waals surface area contributed by atoms with E-state index in [1.807, 2.05) is 13.1 Å². The van der Waals surface area contributed by atoms with Crippen LogP contribution >= 0.6 is 38.5 Å². The molecule has 0 fully saturated rings. The maximum absolute atomic E-state index is 6.04. The van der Waals surface area contributed by atoms with Gasteiger partial charge in [0.1, 0.15) is 11.3 Å². The van der Waals surface area contributed by atoms with E-state index in [1.54, 1.807) is 0 Å². The topological polar surface area (TPSA) is 25.2 Å². The molecule has 0 aliphatic carbocycles. The lowest BCUT2D eigenvalue weighted by molar-refractivity contribution is 0.490. The van der Waals surface area contributed by atoms with Crippen molar-refractivity contribution in [2.75, 3.05) is 7.05 Å². The van der Waals surface area contributed by atoms with E-state index in [2.05, 4.69) is 87.2 Å². The maximum Gasteiger partial charge on any atom is 0.134 e. The van der Waals surface area contributed by atoms with Crippen LogP contribution in [0.25, 0.3) is 11.0 Å². The van der Waals surface area contributed by atoms with E-state index in [9.17, 15) is 0 Å². The Hall–Kier alpha value is -0.850. The third-order valence-corrected chi connectivity index (χ3v) is 5.01. The number of rotatable bonds is 3. The molecule has 1 atom stereocenters. The van der Waals surface area contributed by atoms with Gasteiger partial charge in [-0.2, -0.15) is 0 Å². The fourth-order valence-electron chi connectivity index (χ4n) is 2.51. The molecule has 1 heterocycles. The highest BCUT2D eigenvalue weighted by Gasteiger charge is 2.19. The van der Waals surface area contributed by atoms with Crippen molar-refractivity contribution in [3.63, 3.8) is 0 Å². The van der Waals surface area contributed by atoms with Crippen molar-refractivity contribution < 1.29 is 4.42 Å². The molecule has 0 spiro atoms. The molecule has 21 heavy (non-hydrogen) atoms. The van der Waals surface area contributed by atoms with E-state index in [0.29, 0.717) is 0 Å². The predicted octanol–water partition coefficient (Wildman–Crippen LogP) is 5.42. The molecule has 0 saturated carbocycles. The van der Waals surface area contributed by atoms with Crippen LogP contribution in [0.1, 0.15) is 22.9 Å². The molecule has 0 saturated heterocycles. The second kappa shape index (κ2) is 6.10. The smallest absolute Gasteiger partial charge is 0.134 e. The third kappa shape index (κ3) is 3.03. The number of hydrogen-bond donors (Lipinski definition) is 1. The van der Waals surface area contributed by atoms with Gasteiger partial charge in [0, 0.05) is 13.4 Å². The monoisotopic (exact) mass is 455 g/mol. The average molecular weight is 456 g/mol. The molecule has 2 nitrogen and oxygen atoms in total. The zero-order valence-corrected chi connectivity index (χ0v) is 15.5. The fourth-order valence-corrected chi connectivity index (χ4v) is 3.54. The molecule has 0 aliphatic rings. The van der Waals surface area contributed by atoms with E-state index in [1.165, 1.54) is 14.7 Å². The highest BCUT2D eigenvalue weighted by atomic mass is 127. The lowest BCUT2D eigenvalue weighted by Crippen LogP contribution is -2.18. The predicted molar refractivity (Wildman–Crippen MR) is 98.7 cm³/mol. The van der Waals surface area contributed by atoms with Gasteiger partial charge in [-0.3, -0.25) is 0 Å². The van der Waals surface area contributed by atoms with Crippen LogP contribution in [0, 0.1) is 10.5 Å². The van der Waals surface area contributed by atoms with Crippen molar-refractivity contribution in [1.29, 1.82) is 0 Å². The number of halogens is 2. The normalized spacial score (nSPS) is 12.8. The summed E-state index contributed by atoms with van der Waals surface area (Å²) in [6, 6.07) is 14.7. The molecule has 1 aromatic heterocycles. The summed E-state index contributed by atoms with van der Waals surface area (Å²) in [7, 11) is 1.96. The number of fused-ring (bicyclic) bond motifs is 1. The van der Waals surface area contributed by atoms with Gasteiger partial charge in [0.2, 0.25) is 0 Å². The molecule has 0 aliphatic heterocycles. The van der Waals surface area contributed by atoms with Gasteiger partial charge in [0.05, 0.1) is 6.04 Å². The van der Waals surface area contributed by atoms with E-state index in [4.69, 9.17) is 4.42 Å². The van der Waals surface area contributed by atoms with Crippen LogP contribution < -0.4 is 5.32 Å². The minimum absolute atomic E-state index is 0.0436. The Kier molecular flexibility index (Phi) is 4.38. The summed E-state index contributed by atoms with van der Waals surface area (Å²) in [5.41, 5.74) is 3.39. The van der Waals surface area contributed by atoms with Gasteiger partial charge in [0.15, 0.2) is 0 Å². The van der Waals surface area contributed by atoms with Crippen molar-refractivity contribution in [2.24, 2.45) is 0 Å². The molecular weight excluding hydrogens is 441 g/mol. The Morgan fingerprint density at radius 1 is 1.14 bits per heavy atom. The van der Waals surface area contributed by atoms with Crippen LogP contribution in [0.3, 0.4) is 0 Å².